The van der Waals surface area contributed by atoms with Crippen LogP contribution in [0.2, 0.25) is 0 Å². The van der Waals surface area contributed by atoms with Crippen molar-refractivity contribution in [2.24, 2.45) is 0 Å². The van der Waals surface area contributed by atoms with Gasteiger partial charge in [0.15, 0.2) is 5.78 Å². The third-order valence-corrected chi connectivity index (χ3v) is 5.18. The number of thiophene rings is 1. The van der Waals surface area contributed by atoms with Gasteiger partial charge >= 0.3 is 0 Å². The molecule has 1 fully saturated rings. The van der Waals surface area contributed by atoms with Crippen molar-refractivity contribution in [1.29, 1.82) is 0 Å². The molecule has 0 spiro atoms. The predicted octanol–water partition coefficient (Wildman–Crippen LogP) is 3.64. The standard InChI is InChI=1S/C18H18N2O3S/c1-11-10-13(5-6-14(11)20-9-3-4-17(20)22)19-18(23)16-8-7-15(24-16)12(2)21/h5-8,10H,3-4,9H2,1-2H3,(H,19,23). The molecule has 0 radical (unpaired) electrons. The van der Waals surface area contributed by atoms with Crippen LogP contribution in [0.25, 0.3) is 0 Å². The molecule has 6 heteroatoms. The van der Waals surface area contributed by atoms with Crippen LogP contribution in [-0.2, 0) is 4.79 Å². The summed E-state index contributed by atoms with van der Waals surface area (Å²) in [4.78, 5) is 38.3. The molecule has 2 amide bonds. The SMILES string of the molecule is CC(=O)c1ccc(C(=O)Nc2ccc(N3CCCC3=O)c(C)c2)s1. The first-order chi connectivity index (χ1) is 11.5. The van der Waals surface area contributed by atoms with E-state index in [2.05, 4.69) is 5.32 Å². The molecule has 0 aliphatic carbocycles. The Morgan fingerprint density at radius 1 is 1.17 bits per heavy atom. The maximum atomic E-state index is 12.3. The van der Waals surface area contributed by atoms with Crippen molar-refractivity contribution >= 4 is 40.3 Å². The third kappa shape index (κ3) is 3.23. The fraction of sp³-hybridized carbons (Fsp3) is 0.278. The minimum Gasteiger partial charge on any atom is -0.321 e. The van der Waals surface area contributed by atoms with Gasteiger partial charge in [-0.15, -0.1) is 11.3 Å². The molecule has 0 atom stereocenters. The van der Waals surface area contributed by atoms with Crippen LogP contribution in [0.4, 0.5) is 11.4 Å². The lowest BCUT2D eigenvalue weighted by Gasteiger charge is -2.19. The molecule has 1 N–H and O–H groups in total. The number of hydrogen-bond donors (Lipinski definition) is 1. The van der Waals surface area contributed by atoms with Gasteiger partial charge in [0, 0.05) is 24.3 Å². The summed E-state index contributed by atoms with van der Waals surface area (Å²) in [5.74, 6) is -0.142. The van der Waals surface area contributed by atoms with Gasteiger partial charge in [-0.3, -0.25) is 14.4 Å². The Morgan fingerprint density at radius 2 is 1.92 bits per heavy atom. The van der Waals surface area contributed by atoms with Crippen LogP contribution in [0.5, 0.6) is 0 Å². The summed E-state index contributed by atoms with van der Waals surface area (Å²) in [5.41, 5.74) is 2.51. The summed E-state index contributed by atoms with van der Waals surface area (Å²) in [6, 6.07) is 8.84. The first-order valence-electron chi connectivity index (χ1n) is 7.79. The van der Waals surface area contributed by atoms with Crippen LogP contribution in [-0.4, -0.2) is 24.1 Å². The Morgan fingerprint density at radius 3 is 2.50 bits per heavy atom. The summed E-state index contributed by atoms with van der Waals surface area (Å²) in [7, 11) is 0. The van der Waals surface area contributed by atoms with Gasteiger partial charge in [0.05, 0.1) is 9.75 Å². The Hall–Kier alpha value is -2.47. The molecule has 0 bridgehead atoms. The van der Waals surface area contributed by atoms with Crippen molar-refractivity contribution in [1.82, 2.24) is 0 Å². The van der Waals surface area contributed by atoms with Crippen molar-refractivity contribution in [3.05, 3.63) is 45.6 Å². The number of rotatable bonds is 4. The number of nitrogens with one attached hydrogen (secondary N) is 1. The molecule has 3 rings (SSSR count). The molecule has 124 valence electrons. The van der Waals surface area contributed by atoms with E-state index in [4.69, 9.17) is 0 Å². The predicted molar refractivity (Wildman–Crippen MR) is 95.0 cm³/mol. The second-order valence-corrected chi connectivity index (χ2v) is 6.91. The van der Waals surface area contributed by atoms with Crippen LogP contribution in [0.3, 0.4) is 0 Å². The molecule has 0 unspecified atom stereocenters. The van der Waals surface area contributed by atoms with Crippen molar-refractivity contribution in [3.63, 3.8) is 0 Å². The van der Waals surface area contributed by atoms with Gasteiger partial charge in [-0.25, -0.2) is 0 Å². The van der Waals surface area contributed by atoms with Crippen molar-refractivity contribution in [2.45, 2.75) is 26.7 Å². The van der Waals surface area contributed by atoms with Gasteiger partial charge in [-0.05, 0) is 56.2 Å². The normalized spacial score (nSPS) is 14.1. The first-order valence-corrected chi connectivity index (χ1v) is 8.60. The molecule has 1 aromatic carbocycles. The van der Waals surface area contributed by atoms with E-state index in [1.54, 1.807) is 23.1 Å². The van der Waals surface area contributed by atoms with Gasteiger partial charge in [0.2, 0.25) is 5.91 Å². The molecule has 2 aromatic rings. The summed E-state index contributed by atoms with van der Waals surface area (Å²) in [6.07, 6.45) is 1.47. The lowest BCUT2D eigenvalue weighted by molar-refractivity contribution is -0.117. The van der Waals surface area contributed by atoms with E-state index in [1.165, 1.54) is 18.3 Å². The minimum absolute atomic E-state index is 0.0467. The number of carbonyl (C=O) groups is 3. The van der Waals surface area contributed by atoms with Crippen molar-refractivity contribution < 1.29 is 14.4 Å². The minimum atomic E-state index is -0.239. The van der Waals surface area contributed by atoms with Crippen molar-refractivity contribution in [2.75, 3.05) is 16.8 Å². The van der Waals surface area contributed by atoms with Crippen LogP contribution in [0.1, 0.15) is 44.7 Å². The number of aryl methyl sites for hydroxylation is 1. The molecule has 0 saturated carbocycles. The number of amides is 2. The maximum Gasteiger partial charge on any atom is 0.265 e. The number of carbonyl (C=O) groups excluding carboxylic acids is 3. The zero-order valence-electron chi connectivity index (χ0n) is 13.6. The van der Waals surface area contributed by atoms with E-state index in [-0.39, 0.29) is 17.6 Å². The van der Waals surface area contributed by atoms with Gasteiger partial charge in [-0.2, -0.15) is 0 Å². The number of anilines is 2. The molecule has 1 aromatic heterocycles. The van der Waals surface area contributed by atoms with E-state index in [0.29, 0.717) is 21.9 Å². The first kappa shape index (κ1) is 16.4. The molecule has 1 aliphatic rings. The number of ketones is 1. The largest absolute Gasteiger partial charge is 0.321 e. The molecule has 2 heterocycles. The zero-order valence-corrected chi connectivity index (χ0v) is 14.4. The highest BCUT2D eigenvalue weighted by atomic mass is 32.1. The average Bonchev–Trinajstić information content (AvgIpc) is 3.17. The lowest BCUT2D eigenvalue weighted by Crippen LogP contribution is -2.24. The van der Waals surface area contributed by atoms with Crippen LogP contribution in [0, 0.1) is 6.92 Å². The van der Waals surface area contributed by atoms with E-state index < -0.39 is 0 Å². The zero-order chi connectivity index (χ0) is 17.3. The molecule has 1 aliphatic heterocycles. The summed E-state index contributed by atoms with van der Waals surface area (Å²) >= 11 is 1.18. The summed E-state index contributed by atoms with van der Waals surface area (Å²) in [5, 5.41) is 2.84. The quantitative estimate of drug-likeness (QED) is 0.863. The third-order valence-electron chi connectivity index (χ3n) is 4.00. The molecular weight excluding hydrogens is 324 g/mol. The highest BCUT2D eigenvalue weighted by Gasteiger charge is 2.23. The van der Waals surface area contributed by atoms with Crippen molar-refractivity contribution in [3.8, 4) is 0 Å². The second kappa shape index (κ2) is 6.57. The molecule has 24 heavy (non-hydrogen) atoms. The van der Waals surface area contributed by atoms with Gasteiger partial charge in [0.25, 0.3) is 5.91 Å². The summed E-state index contributed by atoms with van der Waals surface area (Å²) < 4.78 is 0. The lowest BCUT2D eigenvalue weighted by atomic mass is 10.1. The van der Waals surface area contributed by atoms with E-state index >= 15 is 0 Å². The highest BCUT2D eigenvalue weighted by molar-refractivity contribution is 7.16. The van der Waals surface area contributed by atoms with E-state index in [1.807, 2.05) is 19.1 Å². The average molecular weight is 342 g/mol. The van der Waals surface area contributed by atoms with Gasteiger partial charge < -0.3 is 10.2 Å². The van der Waals surface area contributed by atoms with Crippen LogP contribution < -0.4 is 10.2 Å². The van der Waals surface area contributed by atoms with Gasteiger partial charge in [0.1, 0.15) is 0 Å². The fourth-order valence-corrected chi connectivity index (χ4v) is 3.58. The topological polar surface area (TPSA) is 66.5 Å². The number of hydrogen-bond acceptors (Lipinski definition) is 4. The highest BCUT2D eigenvalue weighted by Crippen LogP contribution is 2.28. The number of nitrogens with zero attached hydrogens (tertiary/aromatic N) is 1. The second-order valence-electron chi connectivity index (χ2n) is 5.82. The van der Waals surface area contributed by atoms with E-state index in [9.17, 15) is 14.4 Å². The Balaban J connectivity index is 1.75. The molecule has 5 nitrogen and oxygen atoms in total. The van der Waals surface area contributed by atoms with Gasteiger partial charge in [-0.1, -0.05) is 0 Å². The van der Waals surface area contributed by atoms with Crippen LogP contribution in [0.15, 0.2) is 30.3 Å². The monoisotopic (exact) mass is 342 g/mol. The smallest absolute Gasteiger partial charge is 0.265 e. The number of benzene rings is 1. The Labute approximate surface area is 144 Å². The number of Topliss-reactive ketones (excluding diaryl/α,β-unsaturated/α-hetero) is 1. The fourth-order valence-electron chi connectivity index (χ4n) is 2.78. The molecule has 1 saturated heterocycles. The van der Waals surface area contributed by atoms with Crippen LogP contribution >= 0.6 is 11.3 Å². The summed E-state index contributed by atoms with van der Waals surface area (Å²) in [6.45, 7) is 4.15. The molecular formula is C18H18N2O3S. The maximum absolute atomic E-state index is 12.3. The van der Waals surface area contributed by atoms with E-state index in [0.717, 1.165) is 24.2 Å². The Kier molecular flexibility index (Phi) is 4.49. The Bertz CT molecular complexity index is 825.